The average molecular weight is 261 g/mol. The van der Waals surface area contributed by atoms with Gasteiger partial charge in [-0.15, -0.1) is 0 Å². The van der Waals surface area contributed by atoms with Gasteiger partial charge in [-0.1, -0.05) is 11.6 Å². The molecule has 0 bridgehead atoms. The maximum Gasteiger partial charge on any atom is 0.253 e. The lowest BCUT2D eigenvalue weighted by Gasteiger charge is -2.13. The van der Waals surface area contributed by atoms with Gasteiger partial charge in [0.15, 0.2) is 0 Å². The highest BCUT2D eigenvalue weighted by Crippen LogP contribution is 2.16. The molecule has 0 spiro atoms. The zero-order valence-electron chi connectivity index (χ0n) is 11.2. The Morgan fingerprint density at radius 1 is 1.47 bits per heavy atom. The fourth-order valence-electron chi connectivity index (χ4n) is 2.21. The van der Waals surface area contributed by atoms with Gasteiger partial charge in [0.2, 0.25) is 5.91 Å². The highest BCUT2D eigenvalue weighted by molar-refractivity contribution is 5.99. The molecular weight excluding hydrogens is 242 g/mol. The number of anilines is 1. The van der Waals surface area contributed by atoms with Crippen molar-refractivity contribution < 1.29 is 9.59 Å². The molecule has 2 amide bonds. The molecule has 3 N–H and O–H groups in total. The van der Waals surface area contributed by atoms with Crippen molar-refractivity contribution in [3.05, 3.63) is 29.3 Å². The summed E-state index contributed by atoms with van der Waals surface area (Å²) in [5, 5.41) is 8.71. The second kappa shape index (κ2) is 5.73. The quantitative estimate of drug-likeness (QED) is 0.758. The number of rotatable bonds is 4. The van der Waals surface area contributed by atoms with E-state index in [-0.39, 0.29) is 17.9 Å². The van der Waals surface area contributed by atoms with Crippen LogP contribution in [0.4, 0.5) is 5.69 Å². The van der Waals surface area contributed by atoms with Crippen LogP contribution in [0.5, 0.6) is 0 Å². The first-order chi connectivity index (χ1) is 9.10. The molecule has 1 aromatic carbocycles. The number of hydrogen-bond acceptors (Lipinski definition) is 3. The average Bonchev–Trinajstić information content (AvgIpc) is 2.81. The van der Waals surface area contributed by atoms with E-state index in [1.54, 1.807) is 7.05 Å². The molecule has 5 heteroatoms. The highest BCUT2D eigenvalue weighted by Gasteiger charge is 2.21. The Balaban J connectivity index is 1.99. The fourth-order valence-corrected chi connectivity index (χ4v) is 2.21. The smallest absolute Gasteiger partial charge is 0.253 e. The van der Waals surface area contributed by atoms with Crippen LogP contribution in [-0.4, -0.2) is 31.4 Å². The lowest BCUT2D eigenvalue weighted by Crippen LogP contribution is -2.38. The number of nitrogens with one attached hydrogen (secondary N) is 3. The Morgan fingerprint density at radius 3 is 2.89 bits per heavy atom. The maximum atomic E-state index is 12.2. The first-order valence-corrected chi connectivity index (χ1v) is 6.46. The van der Waals surface area contributed by atoms with Gasteiger partial charge in [-0.2, -0.15) is 0 Å². The van der Waals surface area contributed by atoms with E-state index in [0.717, 1.165) is 17.7 Å². The predicted octanol–water partition coefficient (Wildman–Crippen LogP) is 1.05. The molecule has 0 saturated carbocycles. The standard InChI is InChI=1S/C14H19N3O2/c1-9-3-5-12(15-2)11(7-9)14(19)16-8-10-4-6-13(18)17-10/h3,5,7,10,15H,4,6,8H2,1-2H3,(H,16,19)(H,17,18). The van der Waals surface area contributed by atoms with E-state index in [2.05, 4.69) is 16.0 Å². The zero-order valence-corrected chi connectivity index (χ0v) is 11.2. The first kappa shape index (κ1) is 13.4. The van der Waals surface area contributed by atoms with Gasteiger partial charge in [0.25, 0.3) is 5.91 Å². The zero-order chi connectivity index (χ0) is 13.8. The van der Waals surface area contributed by atoms with Gasteiger partial charge in [-0.05, 0) is 25.5 Å². The van der Waals surface area contributed by atoms with Crippen LogP contribution in [0.3, 0.4) is 0 Å². The normalized spacial score (nSPS) is 18.0. The summed E-state index contributed by atoms with van der Waals surface area (Å²) < 4.78 is 0. The molecule has 102 valence electrons. The third-order valence-corrected chi connectivity index (χ3v) is 3.28. The number of benzene rings is 1. The Morgan fingerprint density at radius 2 is 2.26 bits per heavy atom. The van der Waals surface area contributed by atoms with Gasteiger partial charge < -0.3 is 16.0 Å². The van der Waals surface area contributed by atoms with Crippen molar-refractivity contribution in [2.45, 2.75) is 25.8 Å². The van der Waals surface area contributed by atoms with Crippen LogP contribution in [0.1, 0.15) is 28.8 Å². The minimum atomic E-state index is -0.116. The molecule has 1 aromatic rings. The van der Waals surface area contributed by atoms with Gasteiger partial charge in [-0.25, -0.2) is 0 Å². The molecular formula is C14H19N3O2. The lowest BCUT2D eigenvalue weighted by atomic mass is 10.1. The molecule has 1 atom stereocenters. The molecule has 1 unspecified atom stereocenters. The van der Waals surface area contributed by atoms with Gasteiger partial charge in [0.1, 0.15) is 0 Å². The van der Waals surface area contributed by atoms with Gasteiger partial charge in [0, 0.05) is 31.7 Å². The molecule has 1 aliphatic rings. The molecule has 5 nitrogen and oxygen atoms in total. The number of carbonyl (C=O) groups excluding carboxylic acids is 2. The summed E-state index contributed by atoms with van der Waals surface area (Å²) in [4.78, 5) is 23.2. The van der Waals surface area contributed by atoms with E-state index >= 15 is 0 Å². The molecule has 2 rings (SSSR count). The van der Waals surface area contributed by atoms with E-state index < -0.39 is 0 Å². The van der Waals surface area contributed by atoms with Gasteiger partial charge >= 0.3 is 0 Å². The molecule has 19 heavy (non-hydrogen) atoms. The van der Waals surface area contributed by atoms with Crippen LogP contribution < -0.4 is 16.0 Å². The largest absolute Gasteiger partial charge is 0.387 e. The van der Waals surface area contributed by atoms with Crippen LogP contribution in [0.2, 0.25) is 0 Å². The van der Waals surface area contributed by atoms with Crippen molar-refractivity contribution >= 4 is 17.5 Å². The summed E-state index contributed by atoms with van der Waals surface area (Å²) in [5.41, 5.74) is 2.48. The van der Waals surface area contributed by atoms with Crippen LogP contribution in [0.25, 0.3) is 0 Å². The highest BCUT2D eigenvalue weighted by atomic mass is 16.2. The summed E-state index contributed by atoms with van der Waals surface area (Å²) in [6.07, 6.45) is 1.33. The fraction of sp³-hybridized carbons (Fsp3) is 0.429. The van der Waals surface area contributed by atoms with Gasteiger partial charge in [0.05, 0.1) is 5.56 Å². The van der Waals surface area contributed by atoms with E-state index in [1.165, 1.54) is 0 Å². The number of hydrogen-bond donors (Lipinski definition) is 3. The van der Waals surface area contributed by atoms with E-state index in [1.807, 2.05) is 25.1 Å². The summed E-state index contributed by atoms with van der Waals surface area (Å²) in [6.45, 7) is 2.43. The molecule has 1 heterocycles. The van der Waals surface area contributed by atoms with Crippen molar-refractivity contribution in [2.24, 2.45) is 0 Å². The first-order valence-electron chi connectivity index (χ1n) is 6.46. The Labute approximate surface area is 112 Å². The molecule has 0 aromatic heterocycles. The second-order valence-electron chi connectivity index (χ2n) is 4.81. The number of carbonyl (C=O) groups is 2. The maximum absolute atomic E-state index is 12.2. The van der Waals surface area contributed by atoms with Crippen molar-refractivity contribution in [1.29, 1.82) is 0 Å². The Hall–Kier alpha value is -2.04. The van der Waals surface area contributed by atoms with Crippen molar-refractivity contribution in [2.75, 3.05) is 18.9 Å². The predicted molar refractivity (Wildman–Crippen MR) is 74.2 cm³/mol. The molecule has 1 aliphatic heterocycles. The van der Waals surface area contributed by atoms with Gasteiger partial charge in [-0.3, -0.25) is 9.59 Å². The van der Waals surface area contributed by atoms with E-state index in [9.17, 15) is 9.59 Å². The molecule has 1 saturated heterocycles. The van der Waals surface area contributed by atoms with Crippen molar-refractivity contribution in [3.8, 4) is 0 Å². The summed E-state index contributed by atoms with van der Waals surface area (Å²) in [5.74, 6) is -0.0556. The summed E-state index contributed by atoms with van der Waals surface area (Å²) in [7, 11) is 1.79. The van der Waals surface area contributed by atoms with Crippen molar-refractivity contribution in [3.63, 3.8) is 0 Å². The molecule has 0 aliphatic carbocycles. The molecule has 0 radical (unpaired) electrons. The molecule has 1 fully saturated rings. The minimum Gasteiger partial charge on any atom is -0.387 e. The minimum absolute atomic E-state index is 0.0549. The van der Waals surface area contributed by atoms with E-state index in [4.69, 9.17) is 0 Å². The summed E-state index contributed by atoms with van der Waals surface area (Å²) in [6, 6.07) is 5.76. The Bertz CT molecular complexity index is 499. The number of aryl methyl sites for hydroxylation is 1. The third-order valence-electron chi connectivity index (χ3n) is 3.28. The lowest BCUT2D eigenvalue weighted by molar-refractivity contribution is -0.119. The van der Waals surface area contributed by atoms with E-state index in [0.29, 0.717) is 18.5 Å². The second-order valence-corrected chi connectivity index (χ2v) is 4.81. The summed E-state index contributed by atoms with van der Waals surface area (Å²) >= 11 is 0. The van der Waals surface area contributed by atoms with Crippen LogP contribution in [-0.2, 0) is 4.79 Å². The SMILES string of the molecule is CNc1ccc(C)cc1C(=O)NCC1CCC(=O)N1. The third kappa shape index (κ3) is 3.24. The topological polar surface area (TPSA) is 70.2 Å². The Kier molecular flexibility index (Phi) is 4.04. The van der Waals surface area contributed by atoms with Crippen LogP contribution >= 0.6 is 0 Å². The van der Waals surface area contributed by atoms with Crippen molar-refractivity contribution in [1.82, 2.24) is 10.6 Å². The number of amides is 2. The van der Waals surface area contributed by atoms with Crippen LogP contribution in [0.15, 0.2) is 18.2 Å². The monoisotopic (exact) mass is 261 g/mol. The van der Waals surface area contributed by atoms with Crippen LogP contribution in [0, 0.1) is 6.92 Å².